The molecular formula is C13H17BrClNO. The fraction of sp³-hybridized carbons (Fsp3) is 0.462. The molecule has 0 radical (unpaired) electrons. The van der Waals surface area contributed by atoms with Gasteiger partial charge in [-0.2, -0.15) is 0 Å². The highest BCUT2D eigenvalue weighted by Crippen LogP contribution is 2.17. The number of benzene rings is 1. The van der Waals surface area contributed by atoms with Crippen LogP contribution in [0, 0.1) is 6.92 Å². The zero-order valence-electron chi connectivity index (χ0n) is 10.3. The van der Waals surface area contributed by atoms with Crippen LogP contribution in [0.3, 0.4) is 0 Å². The molecule has 2 nitrogen and oxygen atoms in total. The van der Waals surface area contributed by atoms with Crippen molar-refractivity contribution in [1.29, 1.82) is 0 Å². The number of carbonyl (C=O) groups excluding carboxylic acids is 1. The number of nitrogens with zero attached hydrogens (tertiary/aromatic N) is 1. The van der Waals surface area contributed by atoms with Crippen molar-refractivity contribution in [2.75, 3.05) is 13.6 Å². The van der Waals surface area contributed by atoms with E-state index in [2.05, 4.69) is 15.9 Å². The summed E-state index contributed by atoms with van der Waals surface area (Å²) >= 11 is 9.27. The molecule has 0 bridgehead atoms. The van der Waals surface area contributed by atoms with Crippen molar-refractivity contribution in [3.63, 3.8) is 0 Å². The topological polar surface area (TPSA) is 20.3 Å². The molecule has 0 heterocycles. The van der Waals surface area contributed by atoms with Crippen molar-refractivity contribution in [1.82, 2.24) is 4.90 Å². The first-order chi connectivity index (χ1) is 7.91. The Kier molecular flexibility index (Phi) is 5.47. The highest BCUT2D eigenvalue weighted by atomic mass is 79.9. The Hall–Kier alpha value is -0.540. The normalized spacial score (nSPS) is 12.3. The summed E-state index contributed by atoms with van der Waals surface area (Å²) in [5.41, 5.74) is 1.73. The van der Waals surface area contributed by atoms with Crippen molar-refractivity contribution >= 4 is 33.4 Å². The highest BCUT2D eigenvalue weighted by molar-refractivity contribution is 9.10. The zero-order chi connectivity index (χ0) is 13.0. The van der Waals surface area contributed by atoms with Gasteiger partial charge in [0.15, 0.2) is 0 Å². The van der Waals surface area contributed by atoms with Crippen LogP contribution in [0.5, 0.6) is 0 Å². The molecule has 0 N–H and O–H groups in total. The number of aryl methyl sites for hydroxylation is 1. The van der Waals surface area contributed by atoms with Gasteiger partial charge in [-0.25, -0.2) is 0 Å². The van der Waals surface area contributed by atoms with Crippen molar-refractivity contribution in [3.05, 3.63) is 33.8 Å². The van der Waals surface area contributed by atoms with E-state index in [1.807, 2.05) is 39.1 Å². The van der Waals surface area contributed by atoms with E-state index in [1.54, 1.807) is 4.90 Å². The number of carbonyl (C=O) groups is 1. The fourth-order valence-corrected chi connectivity index (χ4v) is 2.12. The summed E-state index contributed by atoms with van der Waals surface area (Å²) in [6.07, 6.45) is 0.805. The molecule has 1 amide bonds. The second-order valence-corrected chi connectivity index (χ2v) is 5.92. The molecule has 0 saturated heterocycles. The van der Waals surface area contributed by atoms with Gasteiger partial charge in [0.05, 0.1) is 0 Å². The van der Waals surface area contributed by atoms with Gasteiger partial charge in [0.2, 0.25) is 0 Å². The lowest BCUT2D eigenvalue weighted by Crippen LogP contribution is -2.29. The molecule has 1 atom stereocenters. The predicted octanol–water partition coefficient (Wildman–Crippen LogP) is 3.85. The van der Waals surface area contributed by atoms with Gasteiger partial charge in [0, 0.05) is 29.0 Å². The Balaban J connectivity index is 2.75. The van der Waals surface area contributed by atoms with E-state index in [-0.39, 0.29) is 11.3 Å². The van der Waals surface area contributed by atoms with Crippen molar-refractivity contribution in [2.24, 2.45) is 0 Å². The van der Waals surface area contributed by atoms with E-state index >= 15 is 0 Å². The van der Waals surface area contributed by atoms with Gasteiger partial charge >= 0.3 is 0 Å². The molecule has 0 aliphatic carbocycles. The molecule has 17 heavy (non-hydrogen) atoms. The SMILES string of the molecule is Cc1cc(Br)ccc1C(=O)N(C)CCC(C)Cl. The summed E-state index contributed by atoms with van der Waals surface area (Å²) in [6, 6.07) is 5.69. The standard InChI is InChI=1S/C13H17BrClNO/c1-9-8-11(14)4-5-12(9)13(17)16(3)7-6-10(2)15/h4-5,8,10H,6-7H2,1-3H3. The minimum Gasteiger partial charge on any atom is -0.342 e. The first-order valence-electron chi connectivity index (χ1n) is 5.57. The average molecular weight is 319 g/mol. The maximum Gasteiger partial charge on any atom is 0.253 e. The van der Waals surface area contributed by atoms with Crippen LogP contribution in [0.2, 0.25) is 0 Å². The van der Waals surface area contributed by atoms with Crippen LogP contribution in [0.15, 0.2) is 22.7 Å². The Morgan fingerprint density at radius 2 is 2.18 bits per heavy atom. The van der Waals surface area contributed by atoms with Crippen LogP contribution in [0.1, 0.15) is 29.3 Å². The van der Waals surface area contributed by atoms with Crippen LogP contribution >= 0.6 is 27.5 Å². The molecule has 0 fully saturated rings. The molecule has 0 aromatic heterocycles. The average Bonchev–Trinajstić information content (AvgIpc) is 2.25. The van der Waals surface area contributed by atoms with Gasteiger partial charge in [0.25, 0.3) is 5.91 Å². The number of amides is 1. The van der Waals surface area contributed by atoms with E-state index in [0.29, 0.717) is 6.54 Å². The molecule has 0 aliphatic heterocycles. The van der Waals surface area contributed by atoms with Crippen LogP contribution in [-0.2, 0) is 0 Å². The Labute approximate surface area is 116 Å². The second kappa shape index (κ2) is 6.41. The molecule has 0 saturated carbocycles. The number of hydrogen-bond donors (Lipinski definition) is 0. The summed E-state index contributed by atoms with van der Waals surface area (Å²) in [7, 11) is 1.81. The first kappa shape index (κ1) is 14.5. The van der Waals surface area contributed by atoms with Crippen molar-refractivity contribution in [3.8, 4) is 0 Å². The lowest BCUT2D eigenvalue weighted by Gasteiger charge is -2.19. The van der Waals surface area contributed by atoms with Gasteiger partial charge < -0.3 is 4.90 Å². The molecule has 1 aromatic carbocycles. The Bertz CT molecular complexity index is 406. The Morgan fingerprint density at radius 1 is 1.53 bits per heavy atom. The zero-order valence-corrected chi connectivity index (χ0v) is 12.7. The fourth-order valence-electron chi connectivity index (χ4n) is 1.55. The summed E-state index contributed by atoms with van der Waals surface area (Å²) in [4.78, 5) is 13.9. The minimum absolute atomic E-state index is 0.0484. The van der Waals surface area contributed by atoms with Gasteiger partial charge in [0.1, 0.15) is 0 Å². The largest absolute Gasteiger partial charge is 0.342 e. The van der Waals surface area contributed by atoms with E-state index in [9.17, 15) is 4.79 Å². The van der Waals surface area contributed by atoms with E-state index in [1.165, 1.54) is 0 Å². The maximum absolute atomic E-state index is 12.2. The molecule has 1 rings (SSSR count). The van der Waals surface area contributed by atoms with Crippen molar-refractivity contribution < 1.29 is 4.79 Å². The maximum atomic E-state index is 12.2. The lowest BCUT2D eigenvalue weighted by molar-refractivity contribution is 0.0793. The predicted molar refractivity (Wildman–Crippen MR) is 75.8 cm³/mol. The van der Waals surface area contributed by atoms with Gasteiger partial charge in [-0.05, 0) is 44.0 Å². The van der Waals surface area contributed by atoms with Gasteiger partial charge in [-0.3, -0.25) is 4.79 Å². The molecule has 94 valence electrons. The molecule has 1 aromatic rings. The third-order valence-corrected chi connectivity index (χ3v) is 3.34. The first-order valence-corrected chi connectivity index (χ1v) is 6.80. The minimum atomic E-state index is 0.0484. The van der Waals surface area contributed by atoms with E-state index < -0.39 is 0 Å². The number of halogens is 2. The third kappa shape index (κ3) is 4.32. The quantitative estimate of drug-likeness (QED) is 0.772. The summed E-state index contributed by atoms with van der Waals surface area (Å²) in [6.45, 7) is 4.56. The van der Waals surface area contributed by atoms with E-state index in [4.69, 9.17) is 11.6 Å². The van der Waals surface area contributed by atoms with E-state index in [0.717, 1.165) is 22.0 Å². The van der Waals surface area contributed by atoms with Crippen LogP contribution in [-0.4, -0.2) is 29.8 Å². The lowest BCUT2D eigenvalue weighted by atomic mass is 10.1. The second-order valence-electron chi connectivity index (χ2n) is 4.26. The third-order valence-electron chi connectivity index (χ3n) is 2.63. The highest BCUT2D eigenvalue weighted by Gasteiger charge is 2.14. The molecule has 0 aliphatic rings. The molecule has 4 heteroatoms. The molecule has 0 spiro atoms. The molecule has 1 unspecified atom stereocenters. The van der Waals surface area contributed by atoms with Crippen LogP contribution < -0.4 is 0 Å². The number of alkyl halides is 1. The van der Waals surface area contributed by atoms with Gasteiger partial charge in [-0.15, -0.1) is 11.6 Å². The number of hydrogen-bond acceptors (Lipinski definition) is 1. The van der Waals surface area contributed by atoms with Gasteiger partial charge in [-0.1, -0.05) is 15.9 Å². The van der Waals surface area contributed by atoms with Crippen LogP contribution in [0.25, 0.3) is 0 Å². The summed E-state index contributed by atoms with van der Waals surface area (Å²) in [5.74, 6) is 0.0484. The number of rotatable bonds is 4. The monoisotopic (exact) mass is 317 g/mol. The van der Waals surface area contributed by atoms with Crippen molar-refractivity contribution in [2.45, 2.75) is 25.6 Å². The summed E-state index contributed by atoms with van der Waals surface area (Å²) < 4.78 is 0.989. The summed E-state index contributed by atoms with van der Waals surface area (Å²) in [5, 5.41) is 0.0938. The van der Waals surface area contributed by atoms with Crippen LogP contribution in [0.4, 0.5) is 0 Å². The molecular weight excluding hydrogens is 302 g/mol. The smallest absolute Gasteiger partial charge is 0.253 e. The Morgan fingerprint density at radius 3 is 2.71 bits per heavy atom.